The summed E-state index contributed by atoms with van der Waals surface area (Å²) >= 11 is 5.93. The summed E-state index contributed by atoms with van der Waals surface area (Å²) in [5, 5.41) is 0. The number of hydrogen-bond donors (Lipinski definition) is 0. The number of rotatable bonds is 5. The van der Waals surface area contributed by atoms with Gasteiger partial charge in [-0.05, 0) is 46.5 Å². The lowest BCUT2D eigenvalue weighted by Gasteiger charge is -2.35. The molecule has 0 N–H and O–H groups in total. The third kappa shape index (κ3) is 3.98. The number of halogens is 1. The number of alkyl halides is 1. The van der Waals surface area contributed by atoms with Crippen LogP contribution in [0.1, 0.15) is 45.2 Å². The predicted molar refractivity (Wildman–Crippen MR) is 82.9 cm³/mol. The van der Waals surface area contributed by atoms with Crippen molar-refractivity contribution in [1.29, 1.82) is 0 Å². The lowest BCUT2D eigenvalue weighted by atomic mass is 10.0. The monoisotopic (exact) mass is 297 g/mol. The minimum atomic E-state index is 0.122. The van der Waals surface area contributed by atoms with Gasteiger partial charge in [0.05, 0.1) is 6.10 Å². The van der Waals surface area contributed by atoms with Crippen molar-refractivity contribution in [1.82, 2.24) is 9.97 Å². The maximum Gasteiger partial charge on any atom is 0.229 e. The van der Waals surface area contributed by atoms with E-state index < -0.39 is 0 Å². The van der Waals surface area contributed by atoms with Crippen LogP contribution in [0.25, 0.3) is 0 Å². The summed E-state index contributed by atoms with van der Waals surface area (Å²) in [7, 11) is 0. The molecule has 1 atom stereocenters. The van der Waals surface area contributed by atoms with Gasteiger partial charge in [0.25, 0.3) is 0 Å². The van der Waals surface area contributed by atoms with E-state index in [-0.39, 0.29) is 6.10 Å². The molecule has 0 bridgehead atoms. The van der Waals surface area contributed by atoms with E-state index in [2.05, 4.69) is 14.9 Å². The normalized spacial score (nSPS) is 19.4. The van der Waals surface area contributed by atoms with Crippen LogP contribution in [0.3, 0.4) is 0 Å². The number of anilines is 1. The van der Waals surface area contributed by atoms with Crippen molar-refractivity contribution in [3.05, 3.63) is 11.8 Å². The molecule has 1 aromatic heterocycles. The second kappa shape index (κ2) is 7.11. The summed E-state index contributed by atoms with van der Waals surface area (Å²) in [6, 6.07) is 2.35. The zero-order valence-electron chi connectivity index (χ0n) is 12.6. The molecule has 0 spiro atoms. The zero-order chi connectivity index (χ0) is 14.5. The molecule has 2 rings (SSSR count). The Kier molecular flexibility index (Phi) is 5.46. The molecule has 20 heavy (non-hydrogen) atoms. The van der Waals surface area contributed by atoms with Crippen LogP contribution in [0.4, 0.5) is 5.95 Å². The number of piperidine rings is 1. The first-order valence-corrected chi connectivity index (χ1v) is 7.98. The highest BCUT2D eigenvalue weighted by Gasteiger charge is 2.24. The average molecular weight is 298 g/mol. The maximum atomic E-state index is 5.93. The van der Waals surface area contributed by atoms with Crippen molar-refractivity contribution < 1.29 is 4.74 Å². The van der Waals surface area contributed by atoms with Gasteiger partial charge in [0.2, 0.25) is 11.8 Å². The van der Waals surface area contributed by atoms with Gasteiger partial charge in [-0.15, -0.1) is 11.6 Å². The van der Waals surface area contributed by atoms with Gasteiger partial charge in [-0.25, -0.2) is 4.98 Å². The molecule has 1 aliphatic rings. The van der Waals surface area contributed by atoms with E-state index >= 15 is 0 Å². The quantitative estimate of drug-likeness (QED) is 0.779. The first kappa shape index (κ1) is 15.4. The molecule has 1 unspecified atom stereocenters. The summed E-state index contributed by atoms with van der Waals surface area (Å²) in [6.45, 7) is 7.01. The predicted octanol–water partition coefficient (Wildman–Crippen LogP) is 3.56. The highest BCUT2D eigenvalue weighted by Crippen LogP contribution is 2.26. The fourth-order valence-corrected chi connectivity index (χ4v) is 2.90. The first-order chi connectivity index (χ1) is 9.60. The molecule has 0 amide bonds. The van der Waals surface area contributed by atoms with Crippen LogP contribution in [0.15, 0.2) is 6.07 Å². The van der Waals surface area contributed by atoms with E-state index in [4.69, 9.17) is 16.3 Å². The van der Waals surface area contributed by atoms with Gasteiger partial charge < -0.3 is 9.64 Å². The maximum absolute atomic E-state index is 5.93. The summed E-state index contributed by atoms with van der Waals surface area (Å²) < 4.78 is 5.72. The van der Waals surface area contributed by atoms with Gasteiger partial charge in [0, 0.05) is 30.2 Å². The Bertz CT molecular complexity index is 437. The van der Waals surface area contributed by atoms with Crippen molar-refractivity contribution in [3.63, 3.8) is 0 Å². The van der Waals surface area contributed by atoms with Crippen molar-refractivity contribution in [3.8, 4) is 5.88 Å². The molecule has 0 aliphatic carbocycles. The van der Waals surface area contributed by atoms with Crippen LogP contribution in [0.5, 0.6) is 5.88 Å². The SMILES string of the molecule is Cc1cc(OC(C)C)nc(N2CCCCC2CCCl)n1. The van der Waals surface area contributed by atoms with Crippen LogP contribution in [-0.4, -0.2) is 34.5 Å². The van der Waals surface area contributed by atoms with Gasteiger partial charge in [-0.1, -0.05) is 0 Å². The highest BCUT2D eigenvalue weighted by atomic mass is 35.5. The fraction of sp³-hybridized carbons (Fsp3) is 0.733. The third-order valence-electron chi connectivity index (χ3n) is 3.50. The Morgan fingerprint density at radius 3 is 2.90 bits per heavy atom. The van der Waals surface area contributed by atoms with Gasteiger partial charge in [0.15, 0.2) is 0 Å². The molecule has 2 heterocycles. The number of aromatic nitrogens is 2. The molecule has 0 aromatic carbocycles. The van der Waals surface area contributed by atoms with Gasteiger partial charge in [0.1, 0.15) is 0 Å². The van der Waals surface area contributed by atoms with E-state index in [1.54, 1.807) is 0 Å². The minimum absolute atomic E-state index is 0.122. The molecule has 1 aliphatic heterocycles. The number of ether oxygens (including phenoxy) is 1. The second-order valence-electron chi connectivity index (χ2n) is 5.63. The molecule has 4 nitrogen and oxygen atoms in total. The molecular weight excluding hydrogens is 274 g/mol. The van der Waals surface area contributed by atoms with E-state index in [0.717, 1.165) is 24.6 Å². The molecule has 5 heteroatoms. The molecule has 0 radical (unpaired) electrons. The summed E-state index contributed by atoms with van der Waals surface area (Å²) in [6.07, 6.45) is 4.73. The van der Waals surface area contributed by atoms with Gasteiger partial charge in [-0.2, -0.15) is 4.98 Å². The van der Waals surface area contributed by atoms with Crippen molar-refractivity contribution in [2.24, 2.45) is 0 Å². The Labute approximate surface area is 126 Å². The Hall–Kier alpha value is -1.03. The van der Waals surface area contributed by atoms with Gasteiger partial charge in [-0.3, -0.25) is 0 Å². The first-order valence-electron chi connectivity index (χ1n) is 7.45. The van der Waals surface area contributed by atoms with Crippen molar-refractivity contribution >= 4 is 17.5 Å². The van der Waals surface area contributed by atoms with Crippen LogP contribution >= 0.6 is 11.6 Å². The number of aryl methyl sites for hydroxylation is 1. The van der Waals surface area contributed by atoms with Crippen LogP contribution in [0.2, 0.25) is 0 Å². The highest BCUT2D eigenvalue weighted by molar-refractivity contribution is 6.17. The minimum Gasteiger partial charge on any atom is -0.475 e. The molecule has 112 valence electrons. The Morgan fingerprint density at radius 2 is 2.20 bits per heavy atom. The zero-order valence-corrected chi connectivity index (χ0v) is 13.4. The molecule has 1 saturated heterocycles. The van der Waals surface area contributed by atoms with Crippen LogP contribution < -0.4 is 9.64 Å². The number of hydrogen-bond acceptors (Lipinski definition) is 4. The standard InChI is InChI=1S/C15H24ClN3O/c1-11(2)20-14-10-12(3)17-15(18-14)19-9-5-4-6-13(19)7-8-16/h10-11,13H,4-9H2,1-3H3. The van der Waals surface area contributed by atoms with E-state index in [0.29, 0.717) is 17.8 Å². The average Bonchev–Trinajstić information content (AvgIpc) is 2.38. The van der Waals surface area contributed by atoms with E-state index in [1.165, 1.54) is 19.3 Å². The molecule has 1 aromatic rings. The van der Waals surface area contributed by atoms with Gasteiger partial charge >= 0.3 is 0 Å². The third-order valence-corrected chi connectivity index (χ3v) is 3.72. The number of nitrogens with zero attached hydrogens (tertiary/aromatic N) is 3. The summed E-state index contributed by atoms with van der Waals surface area (Å²) in [5.74, 6) is 2.13. The Morgan fingerprint density at radius 1 is 1.40 bits per heavy atom. The fourth-order valence-electron chi connectivity index (χ4n) is 2.64. The van der Waals surface area contributed by atoms with Crippen LogP contribution in [-0.2, 0) is 0 Å². The second-order valence-corrected chi connectivity index (χ2v) is 6.01. The largest absolute Gasteiger partial charge is 0.475 e. The molecular formula is C15H24ClN3O. The topological polar surface area (TPSA) is 38.2 Å². The van der Waals surface area contributed by atoms with E-state index in [9.17, 15) is 0 Å². The Balaban J connectivity index is 2.22. The van der Waals surface area contributed by atoms with Crippen LogP contribution in [0, 0.1) is 6.92 Å². The summed E-state index contributed by atoms with van der Waals surface area (Å²) in [4.78, 5) is 11.5. The lowest BCUT2D eigenvalue weighted by molar-refractivity contribution is 0.232. The van der Waals surface area contributed by atoms with Crippen molar-refractivity contribution in [2.75, 3.05) is 17.3 Å². The molecule has 1 fully saturated rings. The van der Waals surface area contributed by atoms with E-state index in [1.807, 2.05) is 26.8 Å². The summed E-state index contributed by atoms with van der Waals surface area (Å²) in [5.41, 5.74) is 0.945. The molecule has 0 saturated carbocycles. The smallest absolute Gasteiger partial charge is 0.229 e. The van der Waals surface area contributed by atoms with Crippen molar-refractivity contribution in [2.45, 2.75) is 58.6 Å². The lowest BCUT2D eigenvalue weighted by Crippen LogP contribution is -2.41.